The van der Waals surface area contributed by atoms with Crippen LogP contribution in [0.5, 0.6) is 0 Å². The van der Waals surface area contributed by atoms with Gasteiger partial charge in [-0.05, 0) is 31.4 Å². The molecule has 1 atom stereocenters. The van der Waals surface area contributed by atoms with E-state index in [-0.39, 0.29) is 0 Å². The Hall–Kier alpha value is -0.900. The molecule has 1 saturated carbocycles. The molecule has 2 aliphatic rings. The van der Waals surface area contributed by atoms with Gasteiger partial charge < -0.3 is 9.32 Å². The zero-order valence-corrected chi connectivity index (χ0v) is 11.3. The van der Waals surface area contributed by atoms with E-state index in [1.165, 1.54) is 6.42 Å². The second-order valence-electron chi connectivity index (χ2n) is 5.12. The first-order chi connectivity index (χ1) is 8.84. The van der Waals surface area contributed by atoms with E-state index in [1.807, 2.05) is 23.9 Å². The lowest BCUT2D eigenvalue weighted by atomic mass is 9.84. The van der Waals surface area contributed by atoms with Gasteiger partial charge in [0.15, 0.2) is 0 Å². The maximum Gasteiger partial charge on any atom is 0.225 e. The van der Waals surface area contributed by atoms with Gasteiger partial charge in [-0.15, -0.1) is 11.8 Å². The molecule has 2 fully saturated rings. The summed E-state index contributed by atoms with van der Waals surface area (Å²) in [5.41, 5.74) is 0. The van der Waals surface area contributed by atoms with Gasteiger partial charge in [0.25, 0.3) is 0 Å². The molecular formula is C14H19NO2S. The van der Waals surface area contributed by atoms with Crippen molar-refractivity contribution in [2.24, 2.45) is 5.92 Å². The van der Waals surface area contributed by atoms with Gasteiger partial charge in [-0.3, -0.25) is 4.79 Å². The van der Waals surface area contributed by atoms with Crippen molar-refractivity contribution in [3.8, 4) is 0 Å². The molecule has 0 spiro atoms. The van der Waals surface area contributed by atoms with Gasteiger partial charge in [-0.25, -0.2) is 0 Å². The van der Waals surface area contributed by atoms with Crippen molar-refractivity contribution in [3.05, 3.63) is 24.2 Å². The highest BCUT2D eigenvalue weighted by molar-refractivity contribution is 7.99. The van der Waals surface area contributed by atoms with Crippen molar-refractivity contribution < 1.29 is 9.21 Å². The predicted octanol–water partition coefficient (Wildman–Crippen LogP) is 3.09. The van der Waals surface area contributed by atoms with Crippen molar-refractivity contribution in [1.29, 1.82) is 0 Å². The fraction of sp³-hybridized carbons (Fsp3) is 0.643. The molecule has 1 aromatic rings. The second kappa shape index (κ2) is 5.39. The molecule has 0 radical (unpaired) electrons. The van der Waals surface area contributed by atoms with Gasteiger partial charge in [0.2, 0.25) is 5.91 Å². The highest BCUT2D eigenvalue weighted by Crippen LogP contribution is 2.36. The summed E-state index contributed by atoms with van der Waals surface area (Å²) in [6.45, 7) is 1.78. The molecule has 0 bridgehead atoms. The monoisotopic (exact) mass is 265 g/mol. The molecule has 18 heavy (non-hydrogen) atoms. The highest BCUT2D eigenvalue weighted by Gasteiger charge is 2.31. The molecule has 0 aromatic carbocycles. The van der Waals surface area contributed by atoms with Crippen LogP contribution < -0.4 is 0 Å². The normalized spacial score (nSPS) is 25.6. The minimum atomic E-state index is 0.329. The minimum absolute atomic E-state index is 0.329. The number of hydrogen-bond donors (Lipinski definition) is 0. The summed E-state index contributed by atoms with van der Waals surface area (Å²) in [5, 5.41) is 0.416. The molecule has 1 aliphatic heterocycles. The molecule has 4 heteroatoms. The van der Waals surface area contributed by atoms with Gasteiger partial charge in [0, 0.05) is 24.8 Å². The van der Waals surface area contributed by atoms with Crippen LogP contribution in [0.1, 0.15) is 36.7 Å². The largest absolute Gasteiger partial charge is 0.468 e. The van der Waals surface area contributed by atoms with E-state index in [4.69, 9.17) is 4.42 Å². The standard InChI is InChI=1S/C14H19NO2S/c16-14(11-3-1-4-11)15-7-6-13(18-10-8-15)12-5-2-9-17-12/h2,5,9,11,13H,1,3-4,6-8,10H2/t13-/m1/s1. The smallest absolute Gasteiger partial charge is 0.225 e. The molecule has 3 rings (SSSR count). The minimum Gasteiger partial charge on any atom is -0.468 e. The lowest BCUT2D eigenvalue weighted by molar-refractivity contribution is -0.137. The number of thioether (sulfide) groups is 1. The molecule has 0 unspecified atom stereocenters. The van der Waals surface area contributed by atoms with Gasteiger partial charge in [0.1, 0.15) is 5.76 Å². The Bertz CT molecular complexity index is 400. The third-order valence-electron chi connectivity index (χ3n) is 3.97. The van der Waals surface area contributed by atoms with E-state index >= 15 is 0 Å². The third-order valence-corrected chi connectivity index (χ3v) is 5.26. The van der Waals surface area contributed by atoms with Crippen LogP contribution in [0, 0.1) is 5.92 Å². The first-order valence-corrected chi connectivity index (χ1v) is 7.83. The average Bonchev–Trinajstić information content (AvgIpc) is 2.71. The molecule has 98 valence electrons. The van der Waals surface area contributed by atoms with Gasteiger partial charge in [-0.1, -0.05) is 6.42 Å². The Morgan fingerprint density at radius 3 is 2.89 bits per heavy atom. The van der Waals surface area contributed by atoms with Crippen molar-refractivity contribution in [2.75, 3.05) is 18.8 Å². The Morgan fingerprint density at radius 2 is 2.22 bits per heavy atom. The van der Waals surface area contributed by atoms with E-state index in [2.05, 4.69) is 4.90 Å². The van der Waals surface area contributed by atoms with Gasteiger partial charge >= 0.3 is 0 Å². The average molecular weight is 265 g/mol. The summed E-state index contributed by atoms with van der Waals surface area (Å²) in [6, 6.07) is 3.99. The summed E-state index contributed by atoms with van der Waals surface area (Å²) in [7, 11) is 0. The first kappa shape index (κ1) is 12.2. The molecule has 3 nitrogen and oxygen atoms in total. The van der Waals surface area contributed by atoms with Crippen LogP contribution in [-0.4, -0.2) is 29.6 Å². The number of rotatable bonds is 2. The molecule has 1 saturated heterocycles. The lowest BCUT2D eigenvalue weighted by Gasteiger charge is -2.30. The third kappa shape index (κ3) is 2.44. The van der Waals surface area contributed by atoms with E-state index < -0.39 is 0 Å². The first-order valence-electron chi connectivity index (χ1n) is 6.78. The quantitative estimate of drug-likeness (QED) is 0.824. The number of hydrogen-bond acceptors (Lipinski definition) is 3. The summed E-state index contributed by atoms with van der Waals surface area (Å²) in [5.74, 6) is 2.79. The number of furan rings is 1. The molecular weight excluding hydrogens is 246 g/mol. The van der Waals surface area contributed by atoms with Crippen LogP contribution in [0.15, 0.2) is 22.8 Å². The van der Waals surface area contributed by atoms with Crippen LogP contribution in [0.2, 0.25) is 0 Å². The highest BCUT2D eigenvalue weighted by atomic mass is 32.2. The fourth-order valence-corrected chi connectivity index (χ4v) is 3.79. The van der Waals surface area contributed by atoms with E-state index in [1.54, 1.807) is 6.26 Å². The van der Waals surface area contributed by atoms with E-state index in [9.17, 15) is 4.79 Å². The van der Waals surface area contributed by atoms with Crippen molar-refractivity contribution in [2.45, 2.75) is 30.9 Å². The zero-order valence-electron chi connectivity index (χ0n) is 10.5. The number of carbonyl (C=O) groups is 1. The van der Waals surface area contributed by atoms with Crippen molar-refractivity contribution in [3.63, 3.8) is 0 Å². The maximum absolute atomic E-state index is 12.2. The lowest BCUT2D eigenvalue weighted by Crippen LogP contribution is -2.40. The molecule has 1 amide bonds. The topological polar surface area (TPSA) is 33.5 Å². The Kier molecular flexibility index (Phi) is 3.64. The zero-order chi connectivity index (χ0) is 12.4. The predicted molar refractivity (Wildman–Crippen MR) is 72.4 cm³/mol. The van der Waals surface area contributed by atoms with Crippen LogP contribution in [-0.2, 0) is 4.79 Å². The Morgan fingerprint density at radius 1 is 1.33 bits per heavy atom. The molecule has 1 aliphatic carbocycles. The Balaban J connectivity index is 1.59. The van der Waals surface area contributed by atoms with E-state index in [0.29, 0.717) is 17.1 Å². The summed E-state index contributed by atoms with van der Waals surface area (Å²) >= 11 is 1.91. The van der Waals surface area contributed by atoms with E-state index in [0.717, 1.165) is 43.9 Å². The summed E-state index contributed by atoms with van der Waals surface area (Å²) in [4.78, 5) is 14.3. The van der Waals surface area contributed by atoms with Crippen molar-refractivity contribution in [1.82, 2.24) is 4.90 Å². The fourth-order valence-electron chi connectivity index (χ4n) is 2.61. The summed E-state index contributed by atoms with van der Waals surface area (Å²) in [6.07, 6.45) is 6.18. The molecule has 0 N–H and O–H groups in total. The van der Waals surface area contributed by atoms with Crippen LogP contribution in [0.4, 0.5) is 0 Å². The summed E-state index contributed by atoms with van der Waals surface area (Å²) < 4.78 is 5.48. The van der Waals surface area contributed by atoms with Crippen LogP contribution >= 0.6 is 11.8 Å². The molecule has 1 aromatic heterocycles. The SMILES string of the molecule is O=C(C1CCC1)N1CCS[C@@H](c2ccco2)CC1. The second-order valence-corrected chi connectivity index (χ2v) is 6.43. The number of carbonyl (C=O) groups excluding carboxylic acids is 1. The van der Waals surface area contributed by atoms with Gasteiger partial charge in [0.05, 0.1) is 11.5 Å². The maximum atomic E-state index is 12.2. The number of nitrogens with zero attached hydrogens (tertiary/aromatic N) is 1. The van der Waals surface area contributed by atoms with Gasteiger partial charge in [-0.2, -0.15) is 0 Å². The van der Waals surface area contributed by atoms with Crippen LogP contribution in [0.25, 0.3) is 0 Å². The Labute approximate surface area is 112 Å². The molecule has 2 heterocycles. The van der Waals surface area contributed by atoms with Crippen LogP contribution in [0.3, 0.4) is 0 Å². The number of amides is 1. The van der Waals surface area contributed by atoms with Crippen molar-refractivity contribution >= 4 is 17.7 Å².